The van der Waals surface area contributed by atoms with Gasteiger partial charge in [-0.25, -0.2) is 0 Å². The molecule has 6 heteroatoms. The van der Waals surface area contributed by atoms with Crippen molar-refractivity contribution in [1.82, 2.24) is 10.1 Å². The number of aromatic nitrogens is 2. The van der Waals surface area contributed by atoms with Crippen molar-refractivity contribution in [2.24, 2.45) is 0 Å². The molecule has 0 aliphatic rings. The molecule has 0 bridgehead atoms. The van der Waals surface area contributed by atoms with Gasteiger partial charge < -0.3 is 19.5 Å². The Morgan fingerprint density at radius 3 is 2.52 bits per heavy atom. The van der Waals surface area contributed by atoms with Crippen molar-refractivity contribution in [2.75, 3.05) is 7.11 Å². The third kappa shape index (κ3) is 2.38. The lowest BCUT2D eigenvalue weighted by atomic mass is 10.2. The number of benzene rings is 2. The van der Waals surface area contributed by atoms with Gasteiger partial charge in [0.2, 0.25) is 5.82 Å². The van der Waals surface area contributed by atoms with E-state index in [0.29, 0.717) is 22.7 Å². The Hall–Kier alpha value is -3.02. The summed E-state index contributed by atoms with van der Waals surface area (Å²) in [6.07, 6.45) is 0. The zero-order valence-electron chi connectivity index (χ0n) is 11.1. The SMILES string of the molecule is COc1cccc(-c2nc(-c3ccc(O)cc3)no2)c1O. The number of hydrogen-bond donors (Lipinski definition) is 2. The molecule has 3 rings (SSSR count). The minimum Gasteiger partial charge on any atom is -0.508 e. The molecule has 0 atom stereocenters. The molecule has 0 aliphatic carbocycles. The molecule has 6 nitrogen and oxygen atoms in total. The first kappa shape index (κ1) is 13.0. The molecule has 0 amide bonds. The molecule has 106 valence electrons. The van der Waals surface area contributed by atoms with E-state index in [2.05, 4.69) is 10.1 Å². The first-order valence-corrected chi connectivity index (χ1v) is 6.18. The quantitative estimate of drug-likeness (QED) is 0.768. The van der Waals surface area contributed by atoms with Crippen LogP contribution in [-0.4, -0.2) is 27.5 Å². The Morgan fingerprint density at radius 2 is 1.81 bits per heavy atom. The van der Waals surface area contributed by atoms with E-state index in [1.54, 1.807) is 30.3 Å². The molecule has 0 spiro atoms. The third-order valence-electron chi connectivity index (χ3n) is 3.00. The van der Waals surface area contributed by atoms with Crippen LogP contribution >= 0.6 is 0 Å². The average Bonchev–Trinajstić information content (AvgIpc) is 2.98. The molecule has 0 unspecified atom stereocenters. The van der Waals surface area contributed by atoms with Crippen LogP contribution in [0.25, 0.3) is 22.8 Å². The lowest BCUT2D eigenvalue weighted by Crippen LogP contribution is -1.86. The monoisotopic (exact) mass is 284 g/mol. The van der Waals surface area contributed by atoms with Crippen molar-refractivity contribution in [1.29, 1.82) is 0 Å². The number of rotatable bonds is 3. The molecule has 0 aliphatic heterocycles. The molecule has 0 fully saturated rings. The molecule has 0 radical (unpaired) electrons. The van der Waals surface area contributed by atoms with E-state index in [9.17, 15) is 10.2 Å². The number of methoxy groups -OCH3 is 1. The van der Waals surface area contributed by atoms with Gasteiger partial charge >= 0.3 is 0 Å². The van der Waals surface area contributed by atoms with Crippen LogP contribution in [-0.2, 0) is 0 Å². The average molecular weight is 284 g/mol. The van der Waals surface area contributed by atoms with Crippen LogP contribution in [0.4, 0.5) is 0 Å². The normalized spacial score (nSPS) is 10.5. The van der Waals surface area contributed by atoms with Crippen molar-refractivity contribution in [2.45, 2.75) is 0 Å². The molecule has 1 heterocycles. The molecule has 21 heavy (non-hydrogen) atoms. The van der Waals surface area contributed by atoms with Crippen LogP contribution < -0.4 is 4.74 Å². The first-order valence-electron chi connectivity index (χ1n) is 6.18. The highest BCUT2D eigenvalue weighted by Gasteiger charge is 2.16. The van der Waals surface area contributed by atoms with E-state index in [0.717, 1.165) is 0 Å². The zero-order valence-corrected chi connectivity index (χ0v) is 11.1. The second-order valence-electron chi connectivity index (χ2n) is 4.33. The predicted octanol–water partition coefficient (Wildman–Crippen LogP) is 2.82. The maximum Gasteiger partial charge on any atom is 0.262 e. The third-order valence-corrected chi connectivity index (χ3v) is 3.00. The van der Waals surface area contributed by atoms with Crippen LogP contribution in [0.15, 0.2) is 47.0 Å². The van der Waals surface area contributed by atoms with Gasteiger partial charge in [0.25, 0.3) is 5.89 Å². The molecule has 2 aromatic carbocycles. The van der Waals surface area contributed by atoms with E-state index in [1.807, 2.05) is 0 Å². The molecule has 1 aromatic heterocycles. The number of para-hydroxylation sites is 1. The molecular weight excluding hydrogens is 272 g/mol. The van der Waals surface area contributed by atoms with Gasteiger partial charge in [0.1, 0.15) is 5.75 Å². The van der Waals surface area contributed by atoms with E-state index in [4.69, 9.17) is 9.26 Å². The van der Waals surface area contributed by atoms with Gasteiger partial charge in [-0.05, 0) is 36.4 Å². The summed E-state index contributed by atoms with van der Waals surface area (Å²) < 4.78 is 10.2. The van der Waals surface area contributed by atoms with Crippen molar-refractivity contribution < 1.29 is 19.5 Å². The van der Waals surface area contributed by atoms with Crippen LogP contribution in [0.2, 0.25) is 0 Å². The highest BCUT2D eigenvalue weighted by atomic mass is 16.5. The number of hydrogen-bond acceptors (Lipinski definition) is 6. The lowest BCUT2D eigenvalue weighted by molar-refractivity contribution is 0.371. The fourth-order valence-corrected chi connectivity index (χ4v) is 1.92. The Morgan fingerprint density at radius 1 is 1.05 bits per heavy atom. The summed E-state index contributed by atoms with van der Waals surface area (Å²) in [4.78, 5) is 4.24. The van der Waals surface area contributed by atoms with E-state index >= 15 is 0 Å². The van der Waals surface area contributed by atoms with Gasteiger partial charge in [-0.15, -0.1) is 0 Å². The Kier molecular flexibility index (Phi) is 3.19. The van der Waals surface area contributed by atoms with Gasteiger partial charge in [-0.2, -0.15) is 4.98 Å². The lowest BCUT2D eigenvalue weighted by Gasteiger charge is -2.04. The number of aromatic hydroxyl groups is 2. The van der Waals surface area contributed by atoms with Crippen molar-refractivity contribution in [3.63, 3.8) is 0 Å². The van der Waals surface area contributed by atoms with Gasteiger partial charge in [-0.1, -0.05) is 11.2 Å². The number of phenols is 2. The van der Waals surface area contributed by atoms with Crippen LogP contribution in [0, 0.1) is 0 Å². The number of ether oxygens (including phenoxy) is 1. The predicted molar refractivity (Wildman–Crippen MR) is 75.1 cm³/mol. The van der Waals surface area contributed by atoms with Crippen LogP contribution in [0.5, 0.6) is 17.2 Å². The smallest absolute Gasteiger partial charge is 0.262 e. The summed E-state index contributed by atoms with van der Waals surface area (Å²) in [5, 5.41) is 23.2. The van der Waals surface area contributed by atoms with Crippen molar-refractivity contribution >= 4 is 0 Å². The summed E-state index contributed by atoms with van der Waals surface area (Å²) in [7, 11) is 1.47. The second kappa shape index (κ2) is 5.16. The van der Waals surface area contributed by atoms with E-state index in [1.165, 1.54) is 19.2 Å². The van der Waals surface area contributed by atoms with Crippen LogP contribution in [0.1, 0.15) is 0 Å². The minimum atomic E-state index is -0.0547. The highest BCUT2D eigenvalue weighted by Crippen LogP contribution is 2.36. The second-order valence-corrected chi connectivity index (χ2v) is 4.33. The van der Waals surface area contributed by atoms with Gasteiger partial charge in [0, 0.05) is 5.56 Å². The fraction of sp³-hybridized carbons (Fsp3) is 0.0667. The zero-order chi connectivity index (χ0) is 14.8. The summed E-state index contributed by atoms with van der Waals surface area (Å²) in [6.45, 7) is 0. The Bertz CT molecular complexity index is 766. The largest absolute Gasteiger partial charge is 0.508 e. The van der Waals surface area contributed by atoms with Crippen molar-refractivity contribution in [3.05, 3.63) is 42.5 Å². The summed E-state index contributed by atoms with van der Waals surface area (Å²) in [6, 6.07) is 11.4. The molecule has 2 N–H and O–H groups in total. The minimum absolute atomic E-state index is 0.0547. The highest BCUT2D eigenvalue weighted by molar-refractivity contribution is 5.68. The summed E-state index contributed by atoms with van der Waals surface area (Å²) in [5.41, 5.74) is 1.09. The molecule has 3 aromatic rings. The molecular formula is C15H12N2O4. The first-order chi connectivity index (χ1) is 10.2. The summed E-state index contributed by atoms with van der Waals surface area (Å²) in [5.74, 6) is 0.993. The van der Waals surface area contributed by atoms with Gasteiger partial charge in [0.05, 0.1) is 12.7 Å². The fourth-order valence-electron chi connectivity index (χ4n) is 1.92. The maximum absolute atomic E-state index is 10.1. The standard InChI is InChI=1S/C15H12N2O4/c1-20-12-4-2-3-11(13(12)19)15-16-14(17-21-15)9-5-7-10(18)8-6-9/h2-8,18-19H,1H3. The summed E-state index contributed by atoms with van der Waals surface area (Å²) >= 11 is 0. The maximum atomic E-state index is 10.1. The van der Waals surface area contributed by atoms with Gasteiger partial charge in [0.15, 0.2) is 11.5 Å². The Labute approximate surface area is 120 Å². The van der Waals surface area contributed by atoms with Crippen molar-refractivity contribution in [3.8, 4) is 40.1 Å². The number of nitrogens with zero attached hydrogens (tertiary/aromatic N) is 2. The van der Waals surface area contributed by atoms with Gasteiger partial charge in [-0.3, -0.25) is 0 Å². The van der Waals surface area contributed by atoms with E-state index < -0.39 is 0 Å². The molecule has 0 saturated heterocycles. The number of phenolic OH excluding ortho intramolecular Hbond substituents is 2. The topological polar surface area (TPSA) is 88.6 Å². The Balaban J connectivity index is 2.00. The van der Waals surface area contributed by atoms with E-state index in [-0.39, 0.29) is 17.4 Å². The molecule has 0 saturated carbocycles. The van der Waals surface area contributed by atoms with Crippen LogP contribution in [0.3, 0.4) is 0 Å².